The third-order valence-electron chi connectivity index (χ3n) is 3.52. The predicted molar refractivity (Wildman–Crippen MR) is 73.2 cm³/mol. The minimum atomic E-state index is -0.805. The highest BCUT2D eigenvalue weighted by molar-refractivity contribution is 5.82. The fourth-order valence-electron chi connectivity index (χ4n) is 2.42. The summed E-state index contributed by atoms with van der Waals surface area (Å²) in [5, 5.41) is 0. The van der Waals surface area contributed by atoms with E-state index in [2.05, 4.69) is 25.7 Å². The molecule has 0 bridgehead atoms. The molecule has 0 aromatic heterocycles. The van der Waals surface area contributed by atoms with Gasteiger partial charge in [0, 0.05) is 13.1 Å². The highest BCUT2D eigenvalue weighted by Crippen LogP contribution is 2.39. The number of carbonyl (C=O) groups excluding carboxylic acids is 1. The third kappa shape index (κ3) is 3.95. The van der Waals surface area contributed by atoms with Gasteiger partial charge in [0.15, 0.2) is 0 Å². The topological polar surface area (TPSA) is 55.6 Å². The van der Waals surface area contributed by atoms with Crippen LogP contribution in [0.25, 0.3) is 0 Å². The van der Waals surface area contributed by atoms with E-state index in [1.54, 1.807) is 0 Å². The fraction of sp³-hybridized carbons (Fsp3) is 0.929. The average molecular weight is 256 g/mol. The molecule has 0 aliphatic heterocycles. The Morgan fingerprint density at radius 1 is 1.44 bits per heavy atom. The molecule has 1 unspecified atom stereocenters. The molecule has 1 aliphatic rings. The van der Waals surface area contributed by atoms with Gasteiger partial charge in [0.2, 0.25) is 0 Å². The number of ether oxygens (including phenoxy) is 1. The lowest BCUT2D eigenvalue weighted by Gasteiger charge is -2.34. The first kappa shape index (κ1) is 15.4. The molecule has 1 saturated carbocycles. The van der Waals surface area contributed by atoms with E-state index in [1.165, 1.54) is 0 Å². The number of nitrogens with two attached hydrogens (primary N) is 1. The summed E-state index contributed by atoms with van der Waals surface area (Å²) >= 11 is 0. The van der Waals surface area contributed by atoms with Gasteiger partial charge in [-0.2, -0.15) is 0 Å². The van der Waals surface area contributed by atoms with Crippen LogP contribution in [-0.4, -0.2) is 42.6 Å². The monoisotopic (exact) mass is 256 g/mol. The summed E-state index contributed by atoms with van der Waals surface area (Å²) in [6.45, 7) is 11.2. The zero-order chi connectivity index (χ0) is 13.8. The van der Waals surface area contributed by atoms with Crippen LogP contribution in [0.4, 0.5) is 0 Å². The lowest BCUT2D eigenvalue weighted by molar-refractivity contribution is -0.151. The Balaban J connectivity index is 2.68. The van der Waals surface area contributed by atoms with E-state index < -0.39 is 5.54 Å². The average Bonchev–Trinajstić information content (AvgIpc) is 3.11. The summed E-state index contributed by atoms with van der Waals surface area (Å²) in [5.41, 5.74) is 5.56. The normalized spacial score (nSPS) is 19.1. The maximum Gasteiger partial charge on any atom is 0.327 e. The smallest absolute Gasteiger partial charge is 0.327 e. The van der Waals surface area contributed by atoms with Gasteiger partial charge in [-0.1, -0.05) is 20.8 Å². The second-order valence-corrected chi connectivity index (χ2v) is 5.76. The van der Waals surface area contributed by atoms with E-state index in [-0.39, 0.29) is 5.97 Å². The van der Waals surface area contributed by atoms with Crippen molar-refractivity contribution < 1.29 is 9.53 Å². The van der Waals surface area contributed by atoms with Crippen LogP contribution in [0, 0.1) is 11.8 Å². The lowest BCUT2D eigenvalue weighted by Crippen LogP contribution is -2.59. The highest BCUT2D eigenvalue weighted by atomic mass is 16.5. The van der Waals surface area contributed by atoms with E-state index in [1.807, 2.05) is 6.92 Å². The maximum absolute atomic E-state index is 12.1. The summed E-state index contributed by atoms with van der Waals surface area (Å²) in [5.74, 6) is 0.656. The molecule has 0 heterocycles. The molecule has 0 amide bonds. The zero-order valence-electron chi connectivity index (χ0n) is 12.2. The van der Waals surface area contributed by atoms with Gasteiger partial charge in [0.25, 0.3) is 0 Å². The fourth-order valence-corrected chi connectivity index (χ4v) is 2.42. The number of rotatable bonds is 8. The molecule has 0 aromatic carbocycles. The summed E-state index contributed by atoms with van der Waals surface area (Å²) in [6.07, 6.45) is 2.10. The summed E-state index contributed by atoms with van der Waals surface area (Å²) in [7, 11) is 0. The Labute approximate surface area is 111 Å². The number of esters is 1. The summed E-state index contributed by atoms with van der Waals surface area (Å²) in [4.78, 5) is 14.4. The van der Waals surface area contributed by atoms with Crippen molar-refractivity contribution in [3.05, 3.63) is 0 Å². The molecule has 0 spiro atoms. The molecule has 1 fully saturated rings. The second-order valence-electron chi connectivity index (χ2n) is 5.76. The van der Waals surface area contributed by atoms with E-state index in [4.69, 9.17) is 10.5 Å². The van der Waals surface area contributed by atoms with Gasteiger partial charge in [-0.25, -0.2) is 4.79 Å². The number of carbonyl (C=O) groups is 1. The first-order valence-corrected chi connectivity index (χ1v) is 7.12. The Kier molecular flexibility index (Phi) is 5.60. The van der Waals surface area contributed by atoms with Gasteiger partial charge >= 0.3 is 5.97 Å². The maximum atomic E-state index is 12.1. The number of hydrogen-bond acceptors (Lipinski definition) is 4. The van der Waals surface area contributed by atoms with Crippen LogP contribution in [0.15, 0.2) is 0 Å². The molecule has 1 aliphatic carbocycles. The molecule has 1 rings (SSSR count). The Morgan fingerprint density at radius 3 is 2.44 bits per heavy atom. The van der Waals surface area contributed by atoms with Gasteiger partial charge < -0.3 is 15.4 Å². The van der Waals surface area contributed by atoms with Gasteiger partial charge in [0.1, 0.15) is 5.54 Å². The molecule has 1 atom stereocenters. The molecular weight excluding hydrogens is 228 g/mol. The first-order chi connectivity index (χ1) is 8.43. The lowest BCUT2D eigenvalue weighted by atomic mass is 9.93. The Bertz CT molecular complexity index is 277. The molecule has 2 N–H and O–H groups in total. The van der Waals surface area contributed by atoms with Crippen molar-refractivity contribution >= 4 is 5.97 Å². The van der Waals surface area contributed by atoms with Gasteiger partial charge in [-0.3, -0.25) is 0 Å². The summed E-state index contributed by atoms with van der Waals surface area (Å²) < 4.78 is 5.17. The van der Waals surface area contributed by atoms with Crippen LogP contribution >= 0.6 is 0 Å². The molecule has 106 valence electrons. The van der Waals surface area contributed by atoms with Gasteiger partial charge in [-0.15, -0.1) is 0 Å². The van der Waals surface area contributed by atoms with Crippen molar-refractivity contribution in [1.29, 1.82) is 0 Å². The highest BCUT2D eigenvalue weighted by Gasteiger charge is 2.49. The van der Waals surface area contributed by atoms with Crippen LogP contribution < -0.4 is 5.73 Å². The minimum Gasteiger partial charge on any atom is -0.465 e. The van der Waals surface area contributed by atoms with E-state index >= 15 is 0 Å². The van der Waals surface area contributed by atoms with Crippen molar-refractivity contribution in [1.82, 2.24) is 4.90 Å². The largest absolute Gasteiger partial charge is 0.465 e. The predicted octanol–water partition coefficient (Wildman–Crippen LogP) is 1.63. The molecule has 0 saturated heterocycles. The second kappa shape index (κ2) is 6.53. The van der Waals surface area contributed by atoms with Gasteiger partial charge in [-0.05, 0) is 38.1 Å². The first-order valence-electron chi connectivity index (χ1n) is 7.12. The molecule has 4 heteroatoms. The standard InChI is InChI=1S/C14H28N2O2/c1-5-16(9-11(3)4)10-14(15,12-7-8-12)13(17)18-6-2/h11-12H,5-10,15H2,1-4H3. The van der Waals surface area contributed by atoms with E-state index in [9.17, 15) is 4.79 Å². The van der Waals surface area contributed by atoms with Crippen LogP contribution in [0.1, 0.15) is 40.5 Å². The van der Waals surface area contributed by atoms with Crippen molar-refractivity contribution in [3.8, 4) is 0 Å². The quantitative estimate of drug-likeness (QED) is 0.671. The van der Waals surface area contributed by atoms with Crippen LogP contribution in [-0.2, 0) is 9.53 Å². The molecule has 0 aromatic rings. The van der Waals surface area contributed by atoms with E-state index in [0.29, 0.717) is 25.0 Å². The third-order valence-corrected chi connectivity index (χ3v) is 3.52. The van der Waals surface area contributed by atoms with Crippen LogP contribution in [0.2, 0.25) is 0 Å². The van der Waals surface area contributed by atoms with Crippen molar-refractivity contribution in [2.24, 2.45) is 17.6 Å². The number of likely N-dealkylation sites (N-methyl/N-ethyl adjacent to an activating group) is 1. The van der Waals surface area contributed by atoms with Crippen LogP contribution in [0.5, 0.6) is 0 Å². The molecule has 18 heavy (non-hydrogen) atoms. The van der Waals surface area contributed by atoms with Crippen molar-refractivity contribution in [3.63, 3.8) is 0 Å². The van der Waals surface area contributed by atoms with Crippen molar-refractivity contribution in [2.45, 2.75) is 46.1 Å². The minimum absolute atomic E-state index is 0.227. The molecular formula is C14H28N2O2. The van der Waals surface area contributed by atoms with Crippen LogP contribution in [0.3, 0.4) is 0 Å². The van der Waals surface area contributed by atoms with E-state index in [0.717, 1.165) is 25.9 Å². The van der Waals surface area contributed by atoms with Crippen molar-refractivity contribution in [2.75, 3.05) is 26.2 Å². The molecule has 4 nitrogen and oxygen atoms in total. The Morgan fingerprint density at radius 2 is 2.06 bits per heavy atom. The Hall–Kier alpha value is -0.610. The number of hydrogen-bond donors (Lipinski definition) is 1. The SMILES string of the molecule is CCOC(=O)C(N)(CN(CC)CC(C)C)C1CC1. The zero-order valence-corrected chi connectivity index (χ0v) is 12.2. The van der Waals surface area contributed by atoms with Gasteiger partial charge in [0.05, 0.1) is 6.61 Å². The number of nitrogens with zero attached hydrogens (tertiary/aromatic N) is 1. The summed E-state index contributed by atoms with van der Waals surface area (Å²) in [6, 6.07) is 0. The molecule has 0 radical (unpaired) electrons.